The van der Waals surface area contributed by atoms with Crippen LogP contribution in [0.2, 0.25) is 5.04 Å². The van der Waals surface area contributed by atoms with Crippen molar-refractivity contribution in [2.24, 2.45) is 5.92 Å². The van der Waals surface area contributed by atoms with Crippen LogP contribution in [0.5, 0.6) is 5.75 Å². The van der Waals surface area contributed by atoms with Crippen LogP contribution in [0, 0.1) is 12.8 Å². The highest BCUT2D eigenvalue weighted by atomic mass is 28.4. The van der Waals surface area contributed by atoms with Gasteiger partial charge in [-0.15, -0.1) is 0 Å². The van der Waals surface area contributed by atoms with Crippen molar-refractivity contribution in [2.75, 3.05) is 6.61 Å². The van der Waals surface area contributed by atoms with Crippen LogP contribution >= 0.6 is 0 Å². The summed E-state index contributed by atoms with van der Waals surface area (Å²) in [6, 6.07) is 25.6. The summed E-state index contributed by atoms with van der Waals surface area (Å²) < 4.78 is 19.0. The van der Waals surface area contributed by atoms with Gasteiger partial charge in [0, 0.05) is 17.0 Å². The zero-order chi connectivity index (χ0) is 23.8. The average molecular weight is 472 g/mol. The van der Waals surface area contributed by atoms with E-state index in [-0.39, 0.29) is 5.04 Å². The van der Waals surface area contributed by atoms with E-state index in [0.29, 0.717) is 12.5 Å². The summed E-state index contributed by atoms with van der Waals surface area (Å²) in [5.74, 6) is 1.51. The zero-order valence-corrected chi connectivity index (χ0v) is 21.5. The van der Waals surface area contributed by atoms with Crippen molar-refractivity contribution in [3.8, 4) is 5.75 Å². The van der Waals surface area contributed by atoms with Gasteiger partial charge in [-0.3, -0.25) is 0 Å². The third-order valence-electron chi connectivity index (χ3n) is 6.87. The lowest BCUT2D eigenvalue weighted by Gasteiger charge is -2.43. The molecule has 0 unspecified atom stereocenters. The molecule has 1 heterocycles. The second-order valence-electron chi connectivity index (χ2n) is 10.4. The van der Waals surface area contributed by atoms with Crippen LogP contribution in [0.3, 0.4) is 0 Å². The Morgan fingerprint density at radius 2 is 1.56 bits per heavy atom. The predicted molar refractivity (Wildman–Crippen MR) is 139 cm³/mol. The van der Waals surface area contributed by atoms with Gasteiger partial charge >= 0.3 is 0 Å². The summed E-state index contributed by atoms with van der Waals surface area (Å²) in [5.41, 5.74) is 2.69. The molecule has 0 saturated heterocycles. The van der Waals surface area contributed by atoms with Gasteiger partial charge < -0.3 is 13.7 Å². The summed E-state index contributed by atoms with van der Waals surface area (Å²) in [4.78, 5) is 0. The number of fused-ring (bicyclic) bond motifs is 1. The van der Waals surface area contributed by atoms with Gasteiger partial charge in [0.15, 0.2) is 5.58 Å². The van der Waals surface area contributed by atoms with Crippen LogP contribution in [0.1, 0.15) is 44.9 Å². The van der Waals surface area contributed by atoms with Crippen molar-refractivity contribution in [1.82, 2.24) is 5.16 Å². The number of aryl methyl sites for hydroxylation is 1. The van der Waals surface area contributed by atoms with Crippen LogP contribution in [-0.4, -0.2) is 20.1 Å². The normalized spacial score (nSPS) is 14.5. The summed E-state index contributed by atoms with van der Waals surface area (Å²) >= 11 is 0. The molecule has 4 aromatic rings. The molecule has 0 N–H and O–H groups in total. The Kier molecular flexibility index (Phi) is 6.09. The quantitative estimate of drug-likeness (QED) is 0.296. The molecule has 1 fully saturated rings. The first kappa shape index (κ1) is 22.9. The average Bonchev–Trinajstić information content (AvgIpc) is 3.60. The van der Waals surface area contributed by atoms with Crippen molar-refractivity contribution in [3.05, 3.63) is 84.1 Å². The lowest BCUT2D eigenvalue weighted by atomic mass is 10.1. The molecule has 1 aromatic heterocycles. The third kappa shape index (κ3) is 4.30. The molecule has 0 spiro atoms. The fourth-order valence-corrected chi connectivity index (χ4v) is 9.35. The minimum Gasteiger partial charge on any atom is -0.493 e. The molecule has 0 radical (unpaired) electrons. The largest absolute Gasteiger partial charge is 0.493 e. The molecule has 1 aliphatic rings. The highest BCUT2D eigenvalue weighted by molar-refractivity contribution is 6.99. The molecule has 1 saturated carbocycles. The lowest BCUT2D eigenvalue weighted by molar-refractivity contribution is 0.262. The first-order chi connectivity index (χ1) is 16.4. The molecule has 176 valence electrons. The fraction of sp³-hybridized carbons (Fsp3) is 0.345. The van der Waals surface area contributed by atoms with Gasteiger partial charge in [-0.05, 0) is 47.2 Å². The van der Waals surface area contributed by atoms with Crippen LogP contribution < -0.4 is 15.1 Å². The molecular formula is C29H33NO3Si. The molecule has 0 atom stereocenters. The van der Waals surface area contributed by atoms with Gasteiger partial charge in [-0.25, -0.2) is 0 Å². The van der Waals surface area contributed by atoms with E-state index in [2.05, 4.69) is 92.7 Å². The van der Waals surface area contributed by atoms with Crippen molar-refractivity contribution in [3.63, 3.8) is 0 Å². The molecule has 0 amide bonds. The summed E-state index contributed by atoms with van der Waals surface area (Å²) in [6.07, 6.45) is 2.50. The standard InChI is InChI=1S/C29H33NO3Si/c1-21-26-17-23(27(18-28(26)33-30-21)31-19-22-15-16-22)20-32-34(29(2,3)4,24-11-7-5-8-12-24)25-13-9-6-10-14-25/h5-14,17-18,22H,15-16,19-20H2,1-4H3. The van der Waals surface area contributed by atoms with Crippen LogP contribution in [-0.2, 0) is 11.0 Å². The van der Waals surface area contributed by atoms with Gasteiger partial charge in [-0.2, -0.15) is 0 Å². The molecular weight excluding hydrogens is 438 g/mol. The first-order valence-corrected chi connectivity index (χ1v) is 14.1. The molecule has 1 aliphatic carbocycles. The molecule has 0 aliphatic heterocycles. The third-order valence-corrected chi connectivity index (χ3v) is 11.8. The van der Waals surface area contributed by atoms with E-state index in [9.17, 15) is 0 Å². The minimum atomic E-state index is -2.65. The molecule has 5 heteroatoms. The number of rotatable bonds is 8. The number of nitrogens with zero attached hydrogens (tertiary/aromatic N) is 1. The van der Waals surface area contributed by atoms with E-state index < -0.39 is 8.32 Å². The van der Waals surface area contributed by atoms with Crippen LogP contribution in [0.4, 0.5) is 0 Å². The molecule has 4 nitrogen and oxygen atoms in total. The Bertz CT molecular complexity index is 1220. The van der Waals surface area contributed by atoms with Crippen molar-refractivity contribution in [1.29, 1.82) is 0 Å². The molecule has 0 bridgehead atoms. The summed E-state index contributed by atoms with van der Waals surface area (Å²) in [7, 11) is -2.65. The number of benzene rings is 3. The monoisotopic (exact) mass is 471 g/mol. The molecule has 34 heavy (non-hydrogen) atoms. The van der Waals surface area contributed by atoms with E-state index in [0.717, 1.165) is 34.6 Å². The highest BCUT2D eigenvalue weighted by Crippen LogP contribution is 2.39. The van der Waals surface area contributed by atoms with E-state index in [1.165, 1.54) is 23.2 Å². The molecule has 3 aromatic carbocycles. The number of hydrogen-bond donors (Lipinski definition) is 0. The van der Waals surface area contributed by atoms with Gasteiger partial charge in [0.2, 0.25) is 0 Å². The van der Waals surface area contributed by atoms with Crippen molar-refractivity contribution >= 4 is 29.7 Å². The maximum absolute atomic E-state index is 7.19. The second kappa shape index (κ2) is 9.04. The predicted octanol–water partition coefficient (Wildman–Crippen LogP) is 6.00. The Labute approximate surface area is 203 Å². The van der Waals surface area contributed by atoms with E-state index in [1.54, 1.807) is 0 Å². The van der Waals surface area contributed by atoms with Crippen LogP contribution in [0.25, 0.3) is 11.0 Å². The fourth-order valence-electron chi connectivity index (χ4n) is 4.82. The lowest BCUT2D eigenvalue weighted by Crippen LogP contribution is -2.66. The SMILES string of the molecule is Cc1noc2cc(OCC3CC3)c(CO[Si](c3ccccc3)(c3ccccc3)C(C)(C)C)cc12. The van der Waals surface area contributed by atoms with Crippen molar-refractivity contribution < 1.29 is 13.7 Å². The van der Waals surface area contributed by atoms with Gasteiger partial charge in [0.05, 0.1) is 18.9 Å². The van der Waals surface area contributed by atoms with Crippen molar-refractivity contribution in [2.45, 2.75) is 52.2 Å². The zero-order valence-electron chi connectivity index (χ0n) is 20.5. The highest BCUT2D eigenvalue weighted by Gasteiger charge is 2.50. The second-order valence-corrected chi connectivity index (χ2v) is 14.7. The van der Waals surface area contributed by atoms with E-state index >= 15 is 0 Å². The topological polar surface area (TPSA) is 44.5 Å². The summed E-state index contributed by atoms with van der Waals surface area (Å²) in [6.45, 7) is 10.1. The maximum atomic E-state index is 7.19. The number of hydrogen-bond acceptors (Lipinski definition) is 4. The minimum absolute atomic E-state index is 0.0814. The maximum Gasteiger partial charge on any atom is 0.261 e. The van der Waals surface area contributed by atoms with Gasteiger partial charge in [0.25, 0.3) is 8.32 Å². The Morgan fingerprint density at radius 1 is 0.941 bits per heavy atom. The van der Waals surface area contributed by atoms with Gasteiger partial charge in [-0.1, -0.05) is 86.6 Å². The Balaban J connectivity index is 1.58. The van der Waals surface area contributed by atoms with E-state index in [1.807, 2.05) is 13.0 Å². The van der Waals surface area contributed by atoms with Crippen LogP contribution in [0.15, 0.2) is 77.3 Å². The first-order valence-electron chi connectivity index (χ1n) is 12.2. The van der Waals surface area contributed by atoms with E-state index in [4.69, 9.17) is 13.7 Å². The molecule has 5 rings (SSSR count). The number of aromatic nitrogens is 1. The Morgan fingerprint density at radius 3 is 2.12 bits per heavy atom. The smallest absolute Gasteiger partial charge is 0.261 e. The van der Waals surface area contributed by atoms with Gasteiger partial charge in [0.1, 0.15) is 5.75 Å². The Hall–Kier alpha value is -2.89. The summed E-state index contributed by atoms with van der Waals surface area (Å²) in [5, 5.41) is 7.65. The number of ether oxygens (including phenoxy) is 1.